The Bertz CT molecular complexity index is 859. The van der Waals surface area contributed by atoms with E-state index in [2.05, 4.69) is 15.3 Å². The van der Waals surface area contributed by atoms with E-state index in [1.807, 2.05) is 12.3 Å². The molecule has 0 bridgehead atoms. The zero-order valence-electron chi connectivity index (χ0n) is 14.3. The van der Waals surface area contributed by atoms with Crippen LogP contribution < -0.4 is 5.32 Å². The number of aromatic nitrogens is 2. The monoisotopic (exact) mass is 412 g/mol. The van der Waals surface area contributed by atoms with Gasteiger partial charge in [-0.1, -0.05) is 18.2 Å². The van der Waals surface area contributed by atoms with Crippen LogP contribution in [0.3, 0.4) is 0 Å². The molecule has 1 amide bonds. The van der Waals surface area contributed by atoms with Crippen LogP contribution in [0.1, 0.15) is 25.0 Å². The molecule has 1 aliphatic heterocycles. The number of thiazole rings is 1. The number of pyridine rings is 1. The van der Waals surface area contributed by atoms with E-state index in [0.29, 0.717) is 23.2 Å². The fourth-order valence-corrected chi connectivity index (χ4v) is 5.38. The summed E-state index contributed by atoms with van der Waals surface area (Å²) in [6.07, 6.45) is 4.24. The molecule has 1 fully saturated rings. The molecule has 0 unspecified atom stereocenters. The minimum atomic E-state index is -3.47. The molecule has 3 heterocycles. The Morgan fingerprint density at radius 3 is 2.69 bits per heavy atom. The Hall–Kier alpha value is -1.49. The lowest BCUT2D eigenvalue weighted by atomic mass is 10.2. The molecule has 0 aliphatic carbocycles. The minimum absolute atomic E-state index is 0.170. The molecule has 0 radical (unpaired) electrons. The number of carbonyl (C=O) groups is 1. The van der Waals surface area contributed by atoms with Crippen molar-refractivity contribution < 1.29 is 13.2 Å². The van der Waals surface area contributed by atoms with E-state index in [4.69, 9.17) is 0 Å². The maximum atomic E-state index is 12.6. The van der Waals surface area contributed by atoms with Crippen molar-refractivity contribution in [1.29, 1.82) is 0 Å². The topological polar surface area (TPSA) is 92.3 Å². The summed E-state index contributed by atoms with van der Waals surface area (Å²) >= 11 is 2.63. The van der Waals surface area contributed by atoms with E-state index in [1.165, 1.54) is 33.6 Å². The van der Waals surface area contributed by atoms with Crippen LogP contribution >= 0.6 is 23.1 Å². The normalized spacial score (nSPS) is 15.7. The zero-order valence-corrected chi connectivity index (χ0v) is 16.8. The summed E-state index contributed by atoms with van der Waals surface area (Å²) in [4.78, 5) is 20.5. The summed E-state index contributed by atoms with van der Waals surface area (Å²) in [5, 5.41) is 5.77. The third-order valence-corrected chi connectivity index (χ3v) is 7.58. The van der Waals surface area contributed by atoms with Crippen molar-refractivity contribution in [2.24, 2.45) is 0 Å². The van der Waals surface area contributed by atoms with Crippen molar-refractivity contribution in [2.45, 2.75) is 36.1 Å². The summed E-state index contributed by atoms with van der Waals surface area (Å²) in [6, 6.07) is 3.20. The number of aryl methyl sites for hydroxylation is 1. The van der Waals surface area contributed by atoms with Crippen molar-refractivity contribution in [3.8, 4) is 0 Å². The quantitative estimate of drug-likeness (QED) is 0.734. The van der Waals surface area contributed by atoms with Crippen LogP contribution in [0, 0.1) is 6.92 Å². The van der Waals surface area contributed by atoms with Gasteiger partial charge in [0.25, 0.3) is 0 Å². The Balaban J connectivity index is 1.56. The van der Waals surface area contributed by atoms with Crippen LogP contribution in [0.15, 0.2) is 33.6 Å². The fraction of sp³-hybridized carbons (Fsp3) is 0.438. The molecule has 0 atom stereocenters. The smallest absolute Gasteiger partial charge is 0.244 e. The molecule has 1 N–H and O–H groups in total. The molecular weight excluding hydrogens is 392 g/mol. The number of carbonyl (C=O) groups excluding carboxylic acids is 1. The van der Waals surface area contributed by atoms with E-state index in [-0.39, 0.29) is 16.6 Å². The van der Waals surface area contributed by atoms with Gasteiger partial charge in [-0.05, 0) is 31.9 Å². The molecule has 2 aromatic rings. The largest absolute Gasteiger partial charge is 0.301 e. The summed E-state index contributed by atoms with van der Waals surface area (Å²) in [6.45, 7) is 2.99. The SMILES string of the molecule is Cc1csc(NC(=O)CSc2ccc(S(=O)(=O)N3CCCCC3)cn2)n1. The van der Waals surface area contributed by atoms with Gasteiger partial charge in [-0.2, -0.15) is 4.31 Å². The highest BCUT2D eigenvalue weighted by molar-refractivity contribution is 7.99. The Labute approximate surface area is 161 Å². The van der Waals surface area contributed by atoms with Crippen LogP contribution in [0.5, 0.6) is 0 Å². The average Bonchev–Trinajstić information content (AvgIpc) is 3.06. The summed E-state index contributed by atoms with van der Waals surface area (Å²) in [7, 11) is -3.47. The van der Waals surface area contributed by atoms with Crippen LogP contribution in [-0.2, 0) is 14.8 Å². The number of sulfonamides is 1. The van der Waals surface area contributed by atoms with E-state index in [0.717, 1.165) is 25.0 Å². The van der Waals surface area contributed by atoms with E-state index in [9.17, 15) is 13.2 Å². The summed E-state index contributed by atoms with van der Waals surface area (Å²) in [5.41, 5.74) is 0.866. The number of hydrogen-bond acceptors (Lipinski definition) is 7. The summed E-state index contributed by atoms with van der Waals surface area (Å²) < 4.78 is 26.7. The third kappa shape index (κ3) is 4.81. The second kappa shape index (κ2) is 8.47. The Kier molecular flexibility index (Phi) is 6.28. The van der Waals surface area contributed by atoms with Crippen molar-refractivity contribution >= 4 is 44.2 Å². The third-order valence-electron chi connectivity index (χ3n) is 3.88. The second-order valence-corrected chi connectivity index (χ2v) is 9.72. The number of nitrogens with one attached hydrogen (secondary N) is 1. The molecule has 1 aliphatic rings. The predicted molar refractivity (Wildman–Crippen MR) is 103 cm³/mol. The number of hydrogen-bond donors (Lipinski definition) is 1. The van der Waals surface area contributed by atoms with Gasteiger partial charge in [0, 0.05) is 24.7 Å². The first-order valence-electron chi connectivity index (χ1n) is 8.26. The molecule has 2 aromatic heterocycles. The molecule has 3 rings (SSSR count). The highest BCUT2D eigenvalue weighted by Gasteiger charge is 2.26. The van der Waals surface area contributed by atoms with Crippen LogP contribution in [0.4, 0.5) is 5.13 Å². The van der Waals surface area contributed by atoms with E-state index < -0.39 is 10.0 Å². The first kappa shape index (κ1) is 19.3. The average molecular weight is 413 g/mol. The van der Waals surface area contributed by atoms with Crippen LogP contribution in [-0.4, -0.2) is 47.4 Å². The first-order chi connectivity index (χ1) is 12.4. The molecule has 0 spiro atoms. The molecule has 10 heteroatoms. The van der Waals surface area contributed by atoms with Gasteiger partial charge in [0.1, 0.15) is 4.90 Å². The van der Waals surface area contributed by atoms with Gasteiger partial charge in [-0.15, -0.1) is 11.3 Å². The Morgan fingerprint density at radius 2 is 2.08 bits per heavy atom. The zero-order chi connectivity index (χ0) is 18.6. The molecule has 140 valence electrons. The van der Waals surface area contributed by atoms with Crippen molar-refractivity contribution in [3.05, 3.63) is 29.4 Å². The molecular formula is C16H20N4O3S3. The summed E-state index contributed by atoms with van der Waals surface area (Å²) in [5.74, 6) is 0.0142. The Morgan fingerprint density at radius 1 is 1.31 bits per heavy atom. The fourth-order valence-electron chi connectivity index (χ4n) is 2.57. The number of nitrogens with zero attached hydrogens (tertiary/aromatic N) is 3. The van der Waals surface area contributed by atoms with Gasteiger partial charge < -0.3 is 5.32 Å². The number of rotatable bonds is 6. The van der Waals surface area contributed by atoms with Gasteiger partial charge in [-0.25, -0.2) is 18.4 Å². The number of amides is 1. The van der Waals surface area contributed by atoms with Gasteiger partial charge in [0.2, 0.25) is 15.9 Å². The number of thioether (sulfide) groups is 1. The second-order valence-electron chi connectivity index (χ2n) is 5.93. The predicted octanol–water partition coefficient (Wildman–Crippen LogP) is 2.75. The molecule has 7 nitrogen and oxygen atoms in total. The highest BCUT2D eigenvalue weighted by atomic mass is 32.2. The first-order valence-corrected chi connectivity index (χ1v) is 11.6. The molecule has 1 saturated heterocycles. The van der Waals surface area contributed by atoms with Crippen molar-refractivity contribution in [1.82, 2.24) is 14.3 Å². The molecule has 0 aromatic carbocycles. The minimum Gasteiger partial charge on any atom is -0.301 e. The molecule has 0 saturated carbocycles. The maximum Gasteiger partial charge on any atom is 0.244 e. The van der Waals surface area contributed by atoms with E-state index >= 15 is 0 Å². The number of piperidine rings is 1. The van der Waals surface area contributed by atoms with Crippen LogP contribution in [0.2, 0.25) is 0 Å². The highest BCUT2D eigenvalue weighted by Crippen LogP contribution is 2.23. The lowest BCUT2D eigenvalue weighted by molar-refractivity contribution is -0.113. The van der Waals surface area contributed by atoms with Crippen LogP contribution in [0.25, 0.3) is 0 Å². The van der Waals surface area contributed by atoms with Gasteiger partial charge in [0.15, 0.2) is 5.13 Å². The molecule has 26 heavy (non-hydrogen) atoms. The van der Waals surface area contributed by atoms with Gasteiger partial charge in [-0.3, -0.25) is 4.79 Å². The van der Waals surface area contributed by atoms with E-state index in [1.54, 1.807) is 12.1 Å². The number of anilines is 1. The lowest BCUT2D eigenvalue weighted by Gasteiger charge is -2.25. The van der Waals surface area contributed by atoms with Gasteiger partial charge >= 0.3 is 0 Å². The van der Waals surface area contributed by atoms with Crippen molar-refractivity contribution in [2.75, 3.05) is 24.2 Å². The van der Waals surface area contributed by atoms with Gasteiger partial charge in [0.05, 0.1) is 16.5 Å². The lowest BCUT2D eigenvalue weighted by Crippen LogP contribution is -2.35. The van der Waals surface area contributed by atoms with Crippen molar-refractivity contribution in [3.63, 3.8) is 0 Å². The maximum absolute atomic E-state index is 12.6. The standard InChI is InChI=1S/C16H20N4O3S3/c1-12-10-25-16(18-12)19-14(21)11-24-15-6-5-13(9-17-15)26(22,23)20-7-3-2-4-8-20/h5-6,9-10H,2-4,7-8,11H2,1H3,(H,18,19,21).